The zero-order chi connectivity index (χ0) is 12.3. The summed E-state index contributed by atoms with van der Waals surface area (Å²) in [6.07, 6.45) is 2.69. The monoisotopic (exact) mass is 232 g/mol. The molecule has 1 aliphatic rings. The molecule has 1 heterocycles. The summed E-state index contributed by atoms with van der Waals surface area (Å²) >= 11 is 0. The van der Waals surface area contributed by atoms with Crippen LogP contribution in [0.3, 0.4) is 0 Å². The molecule has 0 aliphatic carbocycles. The largest absolute Gasteiger partial charge is 0.326 e. The van der Waals surface area contributed by atoms with Gasteiger partial charge in [-0.25, -0.2) is 0 Å². The van der Waals surface area contributed by atoms with Crippen LogP contribution in [0.4, 0.5) is 0 Å². The minimum Gasteiger partial charge on any atom is -0.326 e. The van der Waals surface area contributed by atoms with Gasteiger partial charge >= 0.3 is 0 Å². The standard InChI is InChI=1S/C15H24N2/c1-12-5-7-17(8-6-12)11-15-4-3-14(10-16)9-13(15)2/h3-4,9,12H,5-8,10-11,16H2,1-2H3. The van der Waals surface area contributed by atoms with Crippen molar-refractivity contribution in [3.05, 3.63) is 34.9 Å². The SMILES string of the molecule is Cc1cc(CN)ccc1CN1CCC(C)CC1. The summed E-state index contributed by atoms with van der Waals surface area (Å²) in [6, 6.07) is 6.63. The Morgan fingerprint density at radius 1 is 1.29 bits per heavy atom. The zero-order valence-electron chi connectivity index (χ0n) is 11.1. The lowest BCUT2D eigenvalue weighted by Crippen LogP contribution is -2.32. The topological polar surface area (TPSA) is 29.3 Å². The number of hydrogen-bond acceptors (Lipinski definition) is 2. The van der Waals surface area contributed by atoms with Gasteiger partial charge in [0.1, 0.15) is 0 Å². The van der Waals surface area contributed by atoms with Crippen LogP contribution in [-0.2, 0) is 13.1 Å². The molecule has 17 heavy (non-hydrogen) atoms. The smallest absolute Gasteiger partial charge is 0.0236 e. The van der Waals surface area contributed by atoms with Crippen LogP contribution in [0.1, 0.15) is 36.5 Å². The third kappa shape index (κ3) is 3.30. The van der Waals surface area contributed by atoms with Crippen LogP contribution < -0.4 is 5.73 Å². The molecular formula is C15H24N2. The fraction of sp³-hybridized carbons (Fsp3) is 0.600. The molecule has 0 bridgehead atoms. The molecule has 1 aliphatic heterocycles. The van der Waals surface area contributed by atoms with Crippen molar-refractivity contribution in [3.63, 3.8) is 0 Å². The molecule has 1 fully saturated rings. The van der Waals surface area contributed by atoms with Gasteiger partial charge in [-0.1, -0.05) is 25.1 Å². The van der Waals surface area contributed by atoms with E-state index in [-0.39, 0.29) is 0 Å². The second kappa shape index (κ2) is 5.65. The van der Waals surface area contributed by atoms with E-state index in [0.29, 0.717) is 6.54 Å². The fourth-order valence-electron chi connectivity index (χ4n) is 2.52. The number of benzene rings is 1. The summed E-state index contributed by atoms with van der Waals surface area (Å²) < 4.78 is 0. The van der Waals surface area contributed by atoms with E-state index in [4.69, 9.17) is 5.73 Å². The first-order chi connectivity index (χ1) is 8.19. The maximum Gasteiger partial charge on any atom is 0.0236 e. The van der Waals surface area contributed by atoms with E-state index >= 15 is 0 Å². The van der Waals surface area contributed by atoms with Crippen LogP contribution in [0.15, 0.2) is 18.2 Å². The predicted molar refractivity (Wildman–Crippen MR) is 72.7 cm³/mol. The van der Waals surface area contributed by atoms with Crippen molar-refractivity contribution in [3.8, 4) is 0 Å². The molecule has 2 N–H and O–H groups in total. The maximum absolute atomic E-state index is 5.66. The van der Waals surface area contributed by atoms with Gasteiger partial charge in [0.2, 0.25) is 0 Å². The van der Waals surface area contributed by atoms with Crippen LogP contribution in [0, 0.1) is 12.8 Å². The quantitative estimate of drug-likeness (QED) is 0.868. The van der Waals surface area contributed by atoms with Crippen molar-refractivity contribution in [2.45, 2.75) is 39.8 Å². The molecule has 0 saturated carbocycles. The van der Waals surface area contributed by atoms with E-state index in [9.17, 15) is 0 Å². The first-order valence-electron chi connectivity index (χ1n) is 6.70. The number of aryl methyl sites for hydroxylation is 1. The highest BCUT2D eigenvalue weighted by atomic mass is 15.1. The summed E-state index contributed by atoms with van der Waals surface area (Å²) in [5, 5.41) is 0. The van der Waals surface area contributed by atoms with Gasteiger partial charge in [-0.15, -0.1) is 0 Å². The van der Waals surface area contributed by atoms with Crippen molar-refractivity contribution < 1.29 is 0 Å². The summed E-state index contributed by atoms with van der Waals surface area (Å²) in [6.45, 7) is 8.80. The molecule has 94 valence electrons. The third-order valence-electron chi connectivity index (χ3n) is 3.91. The van der Waals surface area contributed by atoms with Crippen LogP contribution >= 0.6 is 0 Å². The van der Waals surface area contributed by atoms with Gasteiger partial charge in [0.15, 0.2) is 0 Å². The summed E-state index contributed by atoms with van der Waals surface area (Å²) in [5.74, 6) is 0.909. The molecule has 0 unspecified atom stereocenters. The number of piperidine rings is 1. The Balaban J connectivity index is 1.99. The van der Waals surface area contributed by atoms with Crippen LogP contribution in [-0.4, -0.2) is 18.0 Å². The predicted octanol–water partition coefficient (Wildman–Crippen LogP) is 2.69. The number of likely N-dealkylation sites (tertiary alicyclic amines) is 1. The first kappa shape index (κ1) is 12.6. The average molecular weight is 232 g/mol. The lowest BCUT2D eigenvalue weighted by atomic mass is 9.98. The van der Waals surface area contributed by atoms with Gasteiger partial charge in [0.25, 0.3) is 0 Å². The number of rotatable bonds is 3. The minimum atomic E-state index is 0.641. The lowest BCUT2D eigenvalue weighted by molar-refractivity contribution is 0.185. The van der Waals surface area contributed by atoms with Crippen LogP contribution in [0.2, 0.25) is 0 Å². The third-order valence-corrected chi connectivity index (χ3v) is 3.91. The van der Waals surface area contributed by atoms with Gasteiger partial charge in [-0.05, 0) is 55.5 Å². The lowest BCUT2D eigenvalue weighted by Gasteiger charge is -2.30. The second-order valence-electron chi connectivity index (χ2n) is 5.42. The van der Waals surface area contributed by atoms with Crippen LogP contribution in [0.25, 0.3) is 0 Å². The van der Waals surface area contributed by atoms with Gasteiger partial charge in [-0.3, -0.25) is 4.90 Å². The molecule has 2 rings (SSSR count). The van der Waals surface area contributed by atoms with Crippen molar-refractivity contribution >= 4 is 0 Å². The molecule has 0 amide bonds. The molecule has 1 aromatic carbocycles. The minimum absolute atomic E-state index is 0.641. The highest BCUT2D eigenvalue weighted by Crippen LogP contribution is 2.20. The van der Waals surface area contributed by atoms with E-state index < -0.39 is 0 Å². The van der Waals surface area contributed by atoms with Crippen molar-refractivity contribution in [1.82, 2.24) is 4.90 Å². The molecular weight excluding hydrogens is 208 g/mol. The van der Waals surface area contributed by atoms with E-state index in [1.54, 1.807) is 0 Å². The highest BCUT2D eigenvalue weighted by Gasteiger charge is 2.16. The van der Waals surface area contributed by atoms with E-state index in [2.05, 4.69) is 36.9 Å². The Labute approximate surface area is 105 Å². The first-order valence-corrected chi connectivity index (χ1v) is 6.70. The molecule has 0 radical (unpaired) electrons. The Kier molecular flexibility index (Phi) is 4.19. The number of hydrogen-bond donors (Lipinski definition) is 1. The Hall–Kier alpha value is -0.860. The van der Waals surface area contributed by atoms with Gasteiger partial charge < -0.3 is 5.73 Å². The number of nitrogens with two attached hydrogens (primary N) is 1. The second-order valence-corrected chi connectivity index (χ2v) is 5.42. The van der Waals surface area contributed by atoms with Gasteiger partial charge in [0, 0.05) is 13.1 Å². The molecule has 0 atom stereocenters. The van der Waals surface area contributed by atoms with E-state index in [0.717, 1.165) is 12.5 Å². The van der Waals surface area contributed by atoms with Crippen molar-refractivity contribution in [2.75, 3.05) is 13.1 Å². The summed E-state index contributed by atoms with van der Waals surface area (Å²) in [7, 11) is 0. The molecule has 0 aromatic heterocycles. The van der Waals surface area contributed by atoms with E-state index in [1.807, 2.05) is 0 Å². The zero-order valence-corrected chi connectivity index (χ0v) is 11.1. The molecule has 1 aromatic rings. The normalized spacial score (nSPS) is 18.5. The molecule has 2 heteroatoms. The summed E-state index contributed by atoms with van der Waals surface area (Å²) in [5.41, 5.74) is 9.73. The summed E-state index contributed by atoms with van der Waals surface area (Å²) in [4.78, 5) is 2.57. The highest BCUT2D eigenvalue weighted by molar-refractivity contribution is 5.31. The van der Waals surface area contributed by atoms with Crippen molar-refractivity contribution in [1.29, 1.82) is 0 Å². The van der Waals surface area contributed by atoms with Gasteiger partial charge in [0.05, 0.1) is 0 Å². The Morgan fingerprint density at radius 2 is 2.00 bits per heavy atom. The maximum atomic E-state index is 5.66. The Morgan fingerprint density at radius 3 is 2.59 bits per heavy atom. The Bertz CT molecular complexity index is 365. The molecule has 0 spiro atoms. The fourth-order valence-corrected chi connectivity index (χ4v) is 2.52. The molecule has 2 nitrogen and oxygen atoms in total. The number of nitrogens with zero attached hydrogens (tertiary/aromatic N) is 1. The van der Waals surface area contributed by atoms with Crippen LogP contribution in [0.5, 0.6) is 0 Å². The van der Waals surface area contributed by atoms with E-state index in [1.165, 1.54) is 42.6 Å². The average Bonchev–Trinajstić information content (AvgIpc) is 2.34. The molecule has 1 saturated heterocycles. The van der Waals surface area contributed by atoms with Gasteiger partial charge in [-0.2, -0.15) is 0 Å². The van der Waals surface area contributed by atoms with Crippen molar-refractivity contribution in [2.24, 2.45) is 11.7 Å².